The monoisotopic (exact) mass is 575 g/mol. The number of benzene rings is 1. The van der Waals surface area contributed by atoms with Gasteiger partial charge in [0, 0.05) is 36.4 Å². The maximum atomic E-state index is 13.0. The van der Waals surface area contributed by atoms with Gasteiger partial charge in [0.15, 0.2) is 0 Å². The van der Waals surface area contributed by atoms with Gasteiger partial charge in [0.2, 0.25) is 5.95 Å². The number of nitrogens with zero attached hydrogens (tertiary/aromatic N) is 4. The number of hydrogen-bond acceptors (Lipinski definition) is 10. The Labute approximate surface area is 239 Å². The molecule has 4 aromatic rings. The van der Waals surface area contributed by atoms with Gasteiger partial charge in [-0.2, -0.15) is 0 Å². The van der Waals surface area contributed by atoms with Crippen molar-refractivity contribution in [3.63, 3.8) is 0 Å². The van der Waals surface area contributed by atoms with Crippen LogP contribution in [0.25, 0.3) is 10.6 Å². The summed E-state index contributed by atoms with van der Waals surface area (Å²) in [6.45, 7) is 3.51. The van der Waals surface area contributed by atoms with Gasteiger partial charge in [0.1, 0.15) is 22.5 Å². The van der Waals surface area contributed by atoms with Crippen LogP contribution in [0, 0.1) is 13.8 Å². The third-order valence-corrected chi connectivity index (χ3v) is 6.96. The SMILES string of the molecule is Cc1nc(NCCCc2cccc(O)c2)nc(C)c1C(=O)NC(CNC(=O)c1csc(-c2ccncc2)n1)C(=O)O. The Kier molecular flexibility index (Phi) is 9.53. The molecule has 13 heteroatoms. The van der Waals surface area contributed by atoms with E-state index < -0.39 is 23.8 Å². The second-order valence-corrected chi connectivity index (χ2v) is 10.00. The molecule has 2 amide bonds. The van der Waals surface area contributed by atoms with Crippen LogP contribution in [0.3, 0.4) is 0 Å². The molecule has 1 atom stereocenters. The average Bonchev–Trinajstić information content (AvgIpc) is 3.44. The van der Waals surface area contributed by atoms with Crippen LogP contribution in [-0.4, -0.2) is 67.1 Å². The highest BCUT2D eigenvalue weighted by molar-refractivity contribution is 7.13. The van der Waals surface area contributed by atoms with Gasteiger partial charge in [-0.25, -0.2) is 19.7 Å². The first-order valence-corrected chi connectivity index (χ1v) is 13.6. The van der Waals surface area contributed by atoms with Crippen LogP contribution in [0.2, 0.25) is 0 Å². The molecule has 12 nitrogen and oxygen atoms in total. The Balaban J connectivity index is 1.32. The molecule has 4 rings (SSSR count). The van der Waals surface area contributed by atoms with E-state index in [-0.39, 0.29) is 23.6 Å². The summed E-state index contributed by atoms with van der Waals surface area (Å²) in [5, 5.41) is 29.6. The van der Waals surface area contributed by atoms with E-state index in [1.54, 1.807) is 62.0 Å². The lowest BCUT2D eigenvalue weighted by molar-refractivity contribution is -0.139. The summed E-state index contributed by atoms with van der Waals surface area (Å²) < 4.78 is 0. The summed E-state index contributed by atoms with van der Waals surface area (Å²) in [5.41, 5.74) is 2.88. The quantitative estimate of drug-likeness (QED) is 0.158. The maximum Gasteiger partial charge on any atom is 0.328 e. The van der Waals surface area contributed by atoms with Crippen LogP contribution in [0.4, 0.5) is 5.95 Å². The molecule has 41 heavy (non-hydrogen) atoms. The Morgan fingerprint density at radius 1 is 1.00 bits per heavy atom. The molecule has 0 spiro atoms. The number of rotatable bonds is 12. The van der Waals surface area contributed by atoms with Crippen LogP contribution in [0.15, 0.2) is 54.2 Å². The van der Waals surface area contributed by atoms with Crippen molar-refractivity contribution in [2.24, 2.45) is 0 Å². The first kappa shape index (κ1) is 29.1. The summed E-state index contributed by atoms with van der Waals surface area (Å²) in [7, 11) is 0. The molecule has 0 saturated heterocycles. The zero-order valence-corrected chi connectivity index (χ0v) is 23.2. The van der Waals surface area contributed by atoms with E-state index >= 15 is 0 Å². The Hall–Kier alpha value is -4.91. The lowest BCUT2D eigenvalue weighted by atomic mass is 10.1. The standard InChI is InChI=1S/C28H29N7O5S/c1-16-23(17(2)33-28(32-16)30-10-4-6-18-5-3-7-20(36)13-18)25(38)34-21(27(39)40)14-31-24(37)22-15-41-26(35-22)19-8-11-29-12-9-19/h3,5,7-9,11-13,15,21,36H,4,6,10,14H2,1-2H3,(H,31,37)(H,34,38)(H,39,40)(H,30,32,33). The fourth-order valence-corrected chi connectivity index (χ4v) is 4.86. The molecule has 0 aliphatic rings. The number of carboxylic acid groups (broad SMARTS) is 1. The van der Waals surface area contributed by atoms with Crippen molar-refractivity contribution >= 4 is 35.1 Å². The Morgan fingerprint density at radius 3 is 2.41 bits per heavy atom. The number of aliphatic carboxylic acids is 1. The molecular weight excluding hydrogens is 546 g/mol. The molecule has 5 N–H and O–H groups in total. The lowest BCUT2D eigenvalue weighted by Crippen LogP contribution is -2.48. The van der Waals surface area contributed by atoms with E-state index in [2.05, 4.69) is 35.9 Å². The van der Waals surface area contributed by atoms with Gasteiger partial charge in [0.05, 0.1) is 17.0 Å². The third kappa shape index (κ3) is 7.82. The first-order valence-electron chi connectivity index (χ1n) is 12.8. The molecule has 0 aliphatic carbocycles. The smallest absolute Gasteiger partial charge is 0.328 e. The van der Waals surface area contributed by atoms with Gasteiger partial charge >= 0.3 is 5.97 Å². The van der Waals surface area contributed by atoms with Crippen molar-refractivity contribution in [2.75, 3.05) is 18.4 Å². The molecule has 212 valence electrons. The van der Waals surface area contributed by atoms with E-state index in [1.165, 1.54) is 11.3 Å². The van der Waals surface area contributed by atoms with Crippen LogP contribution in [0.5, 0.6) is 5.75 Å². The number of phenols is 1. The number of aromatic hydroxyl groups is 1. The predicted octanol–water partition coefficient (Wildman–Crippen LogP) is 2.98. The van der Waals surface area contributed by atoms with Crippen molar-refractivity contribution in [2.45, 2.75) is 32.7 Å². The summed E-state index contributed by atoms with van der Waals surface area (Å²) in [5.74, 6) is -1.95. The molecule has 0 radical (unpaired) electrons. The van der Waals surface area contributed by atoms with Crippen molar-refractivity contribution in [1.29, 1.82) is 0 Å². The summed E-state index contributed by atoms with van der Waals surface area (Å²) >= 11 is 1.28. The molecule has 1 aromatic carbocycles. The summed E-state index contributed by atoms with van der Waals surface area (Å²) in [4.78, 5) is 54.4. The largest absolute Gasteiger partial charge is 0.508 e. The van der Waals surface area contributed by atoms with E-state index in [9.17, 15) is 24.6 Å². The topological polar surface area (TPSA) is 179 Å². The van der Waals surface area contributed by atoms with E-state index in [0.717, 1.165) is 24.0 Å². The fourth-order valence-electron chi connectivity index (χ4n) is 4.05. The number of aromatic nitrogens is 4. The third-order valence-electron chi connectivity index (χ3n) is 6.07. The highest BCUT2D eigenvalue weighted by Gasteiger charge is 2.25. The van der Waals surface area contributed by atoms with Crippen LogP contribution in [0.1, 0.15) is 44.2 Å². The second-order valence-electron chi connectivity index (χ2n) is 9.14. The molecule has 1 unspecified atom stereocenters. The lowest BCUT2D eigenvalue weighted by Gasteiger charge is -2.17. The maximum absolute atomic E-state index is 13.0. The molecule has 3 aromatic heterocycles. The number of phenolic OH excluding ortho intramolecular Hbond substituents is 1. The minimum atomic E-state index is -1.39. The minimum Gasteiger partial charge on any atom is -0.508 e. The molecule has 0 saturated carbocycles. The normalized spacial score (nSPS) is 11.5. The molecule has 0 fully saturated rings. The highest BCUT2D eigenvalue weighted by atomic mass is 32.1. The fraction of sp³-hybridized carbons (Fsp3) is 0.250. The zero-order chi connectivity index (χ0) is 29.4. The number of thiazole rings is 1. The number of amides is 2. The van der Waals surface area contributed by atoms with E-state index in [4.69, 9.17) is 0 Å². The minimum absolute atomic E-state index is 0.141. The number of hydrogen-bond donors (Lipinski definition) is 5. The van der Waals surface area contributed by atoms with Gasteiger partial charge in [-0.3, -0.25) is 14.6 Å². The Bertz CT molecular complexity index is 1520. The molecule has 0 bridgehead atoms. The van der Waals surface area contributed by atoms with Crippen molar-refractivity contribution < 1.29 is 24.6 Å². The van der Waals surface area contributed by atoms with Gasteiger partial charge < -0.3 is 26.2 Å². The van der Waals surface area contributed by atoms with Gasteiger partial charge in [-0.1, -0.05) is 12.1 Å². The van der Waals surface area contributed by atoms with Crippen molar-refractivity contribution in [3.8, 4) is 16.3 Å². The van der Waals surface area contributed by atoms with Gasteiger partial charge in [-0.05, 0) is 56.5 Å². The number of nitrogens with one attached hydrogen (secondary N) is 3. The predicted molar refractivity (Wildman–Crippen MR) is 153 cm³/mol. The van der Waals surface area contributed by atoms with Crippen LogP contribution in [-0.2, 0) is 11.2 Å². The first-order chi connectivity index (χ1) is 19.7. The van der Waals surface area contributed by atoms with Crippen molar-refractivity contribution in [3.05, 3.63) is 82.4 Å². The summed E-state index contributed by atoms with van der Waals surface area (Å²) in [6.07, 6.45) is 4.76. The van der Waals surface area contributed by atoms with Gasteiger partial charge in [0.25, 0.3) is 11.8 Å². The zero-order valence-electron chi connectivity index (χ0n) is 22.4. The number of aryl methyl sites for hydroxylation is 3. The van der Waals surface area contributed by atoms with Crippen LogP contribution < -0.4 is 16.0 Å². The highest BCUT2D eigenvalue weighted by Crippen LogP contribution is 2.22. The number of pyridine rings is 1. The molecule has 3 heterocycles. The Morgan fingerprint density at radius 2 is 1.73 bits per heavy atom. The van der Waals surface area contributed by atoms with Crippen LogP contribution >= 0.6 is 11.3 Å². The molecular formula is C28H29N7O5S. The average molecular weight is 576 g/mol. The molecule has 0 aliphatic heterocycles. The number of carboxylic acids is 1. The van der Waals surface area contributed by atoms with E-state index in [1.807, 2.05) is 6.07 Å². The van der Waals surface area contributed by atoms with E-state index in [0.29, 0.717) is 28.9 Å². The number of anilines is 1. The van der Waals surface area contributed by atoms with Crippen molar-refractivity contribution in [1.82, 2.24) is 30.6 Å². The summed E-state index contributed by atoms with van der Waals surface area (Å²) in [6, 6.07) is 9.22. The number of carbonyl (C=O) groups is 3. The number of carbonyl (C=O) groups excluding carboxylic acids is 2. The second kappa shape index (κ2) is 13.4. The van der Waals surface area contributed by atoms with Gasteiger partial charge in [-0.15, -0.1) is 11.3 Å².